The van der Waals surface area contributed by atoms with Crippen LogP contribution in [0.2, 0.25) is 0 Å². The number of likely N-dealkylation sites (tertiary alicyclic amines) is 1. The molecule has 0 aliphatic carbocycles. The zero-order valence-electron chi connectivity index (χ0n) is 10.2. The van der Waals surface area contributed by atoms with E-state index in [1.165, 1.54) is 0 Å². The van der Waals surface area contributed by atoms with Crippen molar-refractivity contribution in [1.82, 2.24) is 14.5 Å². The fraction of sp³-hybridized carbons (Fsp3) is 0.750. The van der Waals surface area contributed by atoms with Gasteiger partial charge in [0.2, 0.25) is 0 Å². The number of rotatable bonds is 3. The molecule has 0 spiro atoms. The summed E-state index contributed by atoms with van der Waals surface area (Å²) in [7, 11) is 4.07. The van der Waals surface area contributed by atoms with Crippen molar-refractivity contribution >= 4 is 0 Å². The first-order chi connectivity index (χ1) is 7.59. The Hall–Kier alpha value is -0.870. The Morgan fingerprint density at radius 2 is 2.31 bits per heavy atom. The number of hydrogen-bond donors (Lipinski definition) is 1. The van der Waals surface area contributed by atoms with Crippen molar-refractivity contribution in [3.63, 3.8) is 0 Å². The molecule has 2 rings (SSSR count). The molecule has 1 aromatic heterocycles. The van der Waals surface area contributed by atoms with Crippen LogP contribution in [0.4, 0.5) is 0 Å². The van der Waals surface area contributed by atoms with Gasteiger partial charge in [-0.25, -0.2) is 4.98 Å². The Labute approximate surface area is 96.9 Å². The number of aliphatic hydroxyl groups is 1. The molecule has 1 N–H and O–H groups in total. The lowest BCUT2D eigenvalue weighted by molar-refractivity contribution is -0.0295. The van der Waals surface area contributed by atoms with Crippen molar-refractivity contribution in [2.45, 2.75) is 31.3 Å². The van der Waals surface area contributed by atoms with Gasteiger partial charge >= 0.3 is 0 Å². The van der Waals surface area contributed by atoms with Crippen molar-refractivity contribution in [2.24, 2.45) is 7.05 Å². The first-order valence-electron chi connectivity index (χ1n) is 5.96. The summed E-state index contributed by atoms with van der Waals surface area (Å²) in [6, 6.07) is 0. The standard InChI is InChI=1S/C12H21N3O/c1-14-8-3-5-12(16,10-14)6-4-11-13-7-9-15(11)2/h7,9,16H,3-6,8,10H2,1-2H3. The Balaban J connectivity index is 1.91. The fourth-order valence-corrected chi connectivity index (χ4v) is 2.52. The predicted molar refractivity (Wildman–Crippen MR) is 63.2 cm³/mol. The van der Waals surface area contributed by atoms with E-state index >= 15 is 0 Å². The summed E-state index contributed by atoms with van der Waals surface area (Å²) in [5.74, 6) is 1.06. The number of hydrogen-bond acceptors (Lipinski definition) is 3. The van der Waals surface area contributed by atoms with E-state index in [9.17, 15) is 5.11 Å². The zero-order valence-corrected chi connectivity index (χ0v) is 10.2. The van der Waals surface area contributed by atoms with E-state index in [1.54, 1.807) is 0 Å². The number of aromatic nitrogens is 2. The highest BCUT2D eigenvalue weighted by Crippen LogP contribution is 2.24. The molecular weight excluding hydrogens is 202 g/mol. The van der Waals surface area contributed by atoms with Gasteiger partial charge in [-0.1, -0.05) is 0 Å². The Kier molecular flexibility index (Phi) is 3.30. The average molecular weight is 223 g/mol. The van der Waals surface area contributed by atoms with Crippen molar-refractivity contribution in [2.75, 3.05) is 20.1 Å². The molecule has 0 bridgehead atoms. The highest BCUT2D eigenvalue weighted by atomic mass is 16.3. The molecule has 0 radical (unpaired) electrons. The molecule has 2 heterocycles. The van der Waals surface area contributed by atoms with E-state index in [4.69, 9.17) is 0 Å². The van der Waals surface area contributed by atoms with Crippen molar-refractivity contribution < 1.29 is 5.11 Å². The Morgan fingerprint density at radius 1 is 1.50 bits per heavy atom. The van der Waals surface area contributed by atoms with Gasteiger partial charge in [0.15, 0.2) is 0 Å². The second-order valence-corrected chi connectivity index (χ2v) is 5.02. The molecule has 1 aromatic rings. The van der Waals surface area contributed by atoms with E-state index in [2.05, 4.69) is 16.9 Å². The average Bonchev–Trinajstić information content (AvgIpc) is 2.61. The van der Waals surface area contributed by atoms with Crippen LogP contribution in [0.25, 0.3) is 0 Å². The quantitative estimate of drug-likeness (QED) is 0.824. The molecule has 1 aliphatic rings. The lowest BCUT2D eigenvalue weighted by atomic mass is 9.88. The van der Waals surface area contributed by atoms with Gasteiger partial charge in [-0.15, -0.1) is 0 Å². The third-order valence-electron chi connectivity index (χ3n) is 3.48. The van der Waals surface area contributed by atoms with Gasteiger partial charge in [0.25, 0.3) is 0 Å². The summed E-state index contributed by atoms with van der Waals surface area (Å²) in [6.45, 7) is 1.89. The van der Waals surface area contributed by atoms with Crippen LogP contribution >= 0.6 is 0 Å². The highest BCUT2D eigenvalue weighted by molar-refractivity contribution is 4.95. The van der Waals surface area contributed by atoms with E-state index in [1.807, 2.05) is 24.0 Å². The topological polar surface area (TPSA) is 41.3 Å². The van der Waals surface area contributed by atoms with Gasteiger partial charge in [-0.3, -0.25) is 0 Å². The lowest BCUT2D eigenvalue weighted by Crippen LogP contribution is -2.46. The zero-order chi connectivity index (χ0) is 11.6. The maximum absolute atomic E-state index is 10.5. The van der Waals surface area contributed by atoms with Crippen LogP contribution in [0.1, 0.15) is 25.1 Å². The molecular formula is C12H21N3O. The van der Waals surface area contributed by atoms with Gasteiger partial charge in [-0.2, -0.15) is 0 Å². The minimum Gasteiger partial charge on any atom is -0.389 e. The monoisotopic (exact) mass is 223 g/mol. The molecule has 1 aliphatic heterocycles. The summed E-state index contributed by atoms with van der Waals surface area (Å²) >= 11 is 0. The van der Waals surface area contributed by atoms with Gasteiger partial charge in [0.05, 0.1) is 5.60 Å². The van der Waals surface area contributed by atoms with Gasteiger partial charge in [-0.05, 0) is 32.9 Å². The van der Waals surface area contributed by atoms with Crippen molar-refractivity contribution in [3.05, 3.63) is 18.2 Å². The van der Waals surface area contributed by atoms with Crippen LogP contribution in [0, 0.1) is 0 Å². The molecule has 0 aromatic carbocycles. The number of imidazole rings is 1. The highest BCUT2D eigenvalue weighted by Gasteiger charge is 2.31. The van der Waals surface area contributed by atoms with Gasteiger partial charge in [0.1, 0.15) is 5.82 Å². The minimum absolute atomic E-state index is 0.515. The first kappa shape index (κ1) is 11.6. The van der Waals surface area contributed by atoms with E-state index in [-0.39, 0.29) is 0 Å². The number of likely N-dealkylation sites (N-methyl/N-ethyl adjacent to an activating group) is 1. The minimum atomic E-state index is -0.515. The first-order valence-corrected chi connectivity index (χ1v) is 5.96. The van der Waals surface area contributed by atoms with Crippen LogP contribution < -0.4 is 0 Å². The fourth-order valence-electron chi connectivity index (χ4n) is 2.52. The smallest absolute Gasteiger partial charge is 0.108 e. The van der Waals surface area contributed by atoms with Crippen molar-refractivity contribution in [3.8, 4) is 0 Å². The van der Waals surface area contributed by atoms with Crippen LogP contribution in [0.3, 0.4) is 0 Å². The largest absolute Gasteiger partial charge is 0.389 e. The molecule has 4 nitrogen and oxygen atoms in total. The van der Waals surface area contributed by atoms with E-state index < -0.39 is 5.60 Å². The molecule has 1 unspecified atom stereocenters. The number of piperidine rings is 1. The molecule has 0 amide bonds. The van der Waals surface area contributed by atoms with Crippen LogP contribution in [-0.2, 0) is 13.5 Å². The van der Waals surface area contributed by atoms with Crippen molar-refractivity contribution in [1.29, 1.82) is 0 Å². The summed E-state index contributed by atoms with van der Waals surface area (Å²) in [5, 5.41) is 10.5. The Morgan fingerprint density at radius 3 is 2.94 bits per heavy atom. The molecule has 4 heteroatoms. The normalized spacial score (nSPS) is 27.2. The summed E-state index contributed by atoms with van der Waals surface area (Å²) in [6.07, 6.45) is 7.43. The van der Waals surface area contributed by atoms with Gasteiger partial charge in [0, 0.05) is 32.4 Å². The lowest BCUT2D eigenvalue weighted by Gasteiger charge is -2.37. The molecule has 1 fully saturated rings. The predicted octanol–water partition coefficient (Wildman–Crippen LogP) is 0.809. The molecule has 1 atom stereocenters. The Bertz CT molecular complexity index is 350. The number of nitrogens with zero attached hydrogens (tertiary/aromatic N) is 3. The third kappa shape index (κ3) is 2.62. The van der Waals surface area contributed by atoms with E-state index in [0.29, 0.717) is 0 Å². The van der Waals surface area contributed by atoms with E-state index in [0.717, 1.165) is 44.6 Å². The van der Waals surface area contributed by atoms with Crippen LogP contribution in [0.5, 0.6) is 0 Å². The summed E-state index contributed by atoms with van der Waals surface area (Å²) in [5.41, 5.74) is -0.515. The maximum Gasteiger partial charge on any atom is 0.108 e. The number of β-amino-alcohol motifs (C(OH)–C–C–N with tert-alkyl or cyclic N) is 1. The SMILES string of the molecule is CN1CCCC(O)(CCc2nccn2C)C1. The second kappa shape index (κ2) is 4.55. The van der Waals surface area contributed by atoms with Crippen LogP contribution in [0.15, 0.2) is 12.4 Å². The molecule has 1 saturated heterocycles. The molecule has 0 saturated carbocycles. The maximum atomic E-state index is 10.5. The molecule has 90 valence electrons. The summed E-state index contributed by atoms with van der Waals surface area (Å²) in [4.78, 5) is 6.50. The van der Waals surface area contributed by atoms with Crippen LogP contribution in [-0.4, -0.2) is 45.3 Å². The second-order valence-electron chi connectivity index (χ2n) is 5.02. The number of aryl methyl sites for hydroxylation is 2. The molecule has 16 heavy (non-hydrogen) atoms. The third-order valence-corrected chi connectivity index (χ3v) is 3.48. The summed E-state index contributed by atoms with van der Waals surface area (Å²) < 4.78 is 2.02. The van der Waals surface area contributed by atoms with Gasteiger partial charge < -0.3 is 14.6 Å².